The van der Waals surface area contributed by atoms with Crippen LogP contribution in [0.1, 0.15) is 10.4 Å². The molecule has 138 valence electrons. The third-order valence-electron chi connectivity index (χ3n) is 3.44. The van der Waals surface area contributed by atoms with E-state index in [1.165, 1.54) is 30.6 Å². The molecule has 11 heteroatoms. The lowest BCUT2D eigenvalue weighted by molar-refractivity contribution is -0.385. The molecule has 0 aliphatic carbocycles. The van der Waals surface area contributed by atoms with Crippen molar-refractivity contribution in [2.75, 3.05) is 12.4 Å². The van der Waals surface area contributed by atoms with Crippen molar-refractivity contribution in [2.24, 2.45) is 0 Å². The van der Waals surface area contributed by atoms with E-state index in [1.54, 1.807) is 18.2 Å². The van der Waals surface area contributed by atoms with E-state index in [2.05, 4.69) is 15.6 Å². The molecule has 0 saturated heterocycles. The van der Waals surface area contributed by atoms with E-state index < -0.39 is 10.8 Å². The van der Waals surface area contributed by atoms with Gasteiger partial charge in [-0.15, -0.1) is 0 Å². The van der Waals surface area contributed by atoms with Gasteiger partial charge in [-0.05, 0) is 42.5 Å². The van der Waals surface area contributed by atoms with Crippen LogP contribution < -0.4 is 15.4 Å². The number of carbonyl (C=O) groups excluding carboxylic acids is 1. The Bertz CT molecular complexity index is 1070. The number of thiazole rings is 1. The lowest BCUT2D eigenvalue weighted by Crippen LogP contribution is -2.34. The Morgan fingerprint density at radius 1 is 1.33 bits per heavy atom. The van der Waals surface area contributed by atoms with Crippen molar-refractivity contribution in [2.45, 2.75) is 0 Å². The number of nitro groups is 1. The molecule has 1 heterocycles. The summed E-state index contributed by atoms with van der Waals surface area (Å²) in [7, 11) is 1.31. The first-order chi connectivity index (χ1) is 12.9. The summed E-state index contributed by atoms with van der Waals surface area (Å²) in [6, 6.07) is 9.15. The van der Waals surface area contributed by atoms with Crippen LogP contribution in [0.25, 0.3) is 10.2 Å². The monoisotopic (exact) mass is 422 g/mol. The summed E-state index contributed by atoms with van der Waals surface area (Å²) >= 11 is 12.4. The van der Waals surface area contributed by atoms with E-state index in [9.17, 15) is 14.9 Å². The van der Waals surface area contributed by atoms with Gasteiger partial charge in [0.05, 0.1) is 22.2 Å². The van der Waals surface area contributed by atoms with Gasteiger partial charge in [-0.2, -0.15) is 0 Å². The molecule has 3 rings (SSSR count). The van der Waals surface area contributed by atoms with Gasteiger partial charge in [-0.1, -0.05) is 22.9 Å². The first kappa shape index (κ1) is 19.0. The molecule has 0 unspecified atom stereocenters. The molecule has 0 aliphatic heterocycles. The molecule has 0 spiro atoms. The molecule has 0 fully saturated rings. The van der Waals surface area contributed by atoms with Crippen molar-refractivity contribution in [3.63, 3.8) is 0 Å². The Labute approximate surface area is 167 Å². The number of nitrogens with zero attached hydrogens (tertiary/aromatic N) is 2. The molecule has 2 aromatic carbocycles. The number of carbonyl (C=O) groups is 1. The minimum atomic E-state index is -0.627. The van der Waals surface area contributed by atoms with E-state index in [0.29, 0.717) is 10.2 Å². The van der Waals surface area contributed by atoms with Crippen molar-refractivity contribution in [1.82, 2.24) is 10.3 Å². The summed E-state index contributed by atoms with van der Waals surface area (Å²) in [5, 5.41) is 17.4. The van der Waals surface area contributed by atoms with E-state index in [-0.39, 0.29) is 22.1 Å². The largest absolute Gasteiger partial charge is 0.490 e. The molecule has 3 aromatic rings. The number of thiocarbonyl (C=S) groups is 1. The number of nitro benzene ring substituents is 1. The molecular weight excluding hydrogens is 412 g/mol. The van der Waals surface area contributed by atoms with Gasteiger partial charge >= 0.3 is 5.69 Å². The number of rotatable bonds is 4. The van der Waals surface area contributed by atoms with Crippen LogP contribution >= 0.6 is 35.2 Å². The topological polar surface area (TPSA) is 106 Å². The second kappa shape index (κ2) is 7.82. The van der Waals surface area contributed by atoms with Crippen molar-refractivity contribution in [1.29, 1.82) is 0 Å². The Morgan fingerprint density at radius 2 is 2.11 bits per heavy atom. The minimum Gasteiger partial charge on any atom is -0.490 e. The Balaban J connectivity index is 1.72. The highest BCUT2D eigenvalue weighted by Gasteiger charge is 2.19. The van der Waals surface area contributed by atoms with Crippen LogP contribution in [0.15, 0.2) is 36.4 Å². The number of amides is 1. The number of ether oxygens (including phenoxy) is 1. The van der Waals surface area contributed by atoms with Crippen LogP contribution in [0, 0.1) is 10.1 Å². The fraction of sp³-hybridized carbons (Fsp3) is 0.0625. The van der Waals surface area contributed by atoms with Gasteiger partial charge in [-0.25, -0.2) is 4.98 Å². The number of methoxy groups -OCH3 is 1. The number of halogens is 1. The van der Waals surface area contributed by atoms with Crippen molar-refractivity contribution >= 4 is 67.2 Å². The van der Waals surface area contributed by atoms with E-state index in [1.807, 2.05) is 0 Å². The SMILES string of the molecule is COc1ccc(C(=O)NC(=S)Nc2nc3ccc(Cl)cc3s2)cc1[N+](=O)[O-]. The molecule has 0 radical (unpaired) electrons. The summed E-state index contributed by atoms with van der Waals surface area (Å²) < 4.78 is 5.78. The summed E-state index contributed by atoms with van der Waals surface area (Å²) in [4.78, 5) is 27.1. The quantitative estimate of drug-likeness (QED) is 0.372. The predicted octanol–water partition coefficient (Wildman–Crippen LogP) is 3.99. The molecule has 1 aromatic heterocycles. The number of hydrogen-bond acceptors (Lipinski definition) is 7. The van der Waals surface area contributed by atoms with Crippen LogP contribution in [0.4, 0.5) is 10.8 Å². The number of hydrogen-bond donors (Lipinski definition) is 2. The number of benzene rings is 2. The summed E-state index contributed by atoms with van der Waals surface area (Å²) in [6.07, 6.45) is 0. The average molecular weight is 423 g/mol. The maximum atomic E-state index is 12.3. The summed E-state index contributed by atoms with van der Waals surface area (Å²) in [5.74, 6) is -0.534. The van der Waals surface area contributed by atoms with Gasteiger partial charge in [0, 0.05) is 16.7 Å². The highest BCUT2D eigenvalue weighted by atomic mass is 35.5. The van der Waals surface area contributed by atoms with E-state index in [4.69, 9.17) is 28.6 Å². The lowest BCUT2D eigenvalue weighted by Gasteiger charge is -2.08. The third kappa shape index (κ3) is 4.30. The van der Waals surface area contributed by atoms with Crippen LogP contribution in [-0.2, 0) is 0 Å². The highest BCUT2D eigenvalue weighted by Crippen LogP contribution is 2.29. The fourth-order valence-electron chi connectivity index (χ4n) is 2.23. The highest BCUT2D eigenvalue weighted by molar-refractivity contribution is 7.80. The number of fused-ring (bicyclic) bond motifs is 1. The van der Waals surface area contributed by atoms with Gasteiger partial charge in [0.25, 0.3) is 5.91 Å². The minimum absolute atomic E-state index is 0.0172. The molecule has 0 bridgehead atoms. The molecule has 0 atom stereocenters. The zero-order chi connectivity index (χ0) is 19.6. The second-order valence-corrected chi connectivity index (χ2v) is 7.06. The first-order valence-corrected chi connectivity index (χ1v) is 8.98. The number of nitrogens with one attached hydrogen (secondary N) is 2. The van der Waals surface area contributed by atoms with Crippen molar-refractivity contribution in [3.8, 4) is 5.75 Å². The van der Waals surface area contributed by atoms with E-state index >= 15 is 0 Å². The first-order valence-electron chi connectivity index (χ1n) is 7.38. The smallest absolute Gasteiger partial charge is 0.311 e. The van der Waals surface area contributed by atoms with Crippen molar-refractivity contribution in [3.05, 3.63) is 57.1 Å². The Hall–Kier alpha value is -2.82. The van der Waals surface area contributed by atoms with Crippen LogP contribution in [0.5, 0.6) is 5.75 Å². The standard InChI is InChI=1S/C16H11ClN4O4S2/c1-25-12-5-2-8(6-11(12)21(23)24)14(22)19-15(26)20-16-18-10-4-3-9(17)7-13(10)27-16/h2-7H,1H3,(H2,18,19,20,22,26). The Kier molecular flexibility index (Phi) is 5.49. The van der Waals surface area contributed by atoms with E-state index in [0.717, 1.165) is 16.3 Å². The molecule has 0 saturated carbocycles. The molecular formula is C16H11ClN4O4S2. The molecule has 8 nitrogen and oxygen atoms in total. The summed E-state index contributed by atoms with van der Waals surface area (Å²) in [5.41, 5.74) is 0.501. The lowest BCUT2D eigenvalue weighted by atomic mass is 10.2. The van der Waals surface area contributed by atoms with Gasteiger partial charge < -0.3 is 10.1 Å². The van der Waals surface area contributed by atoms with Crippen molar-refractivity contribution < 1.29 is 14.5 Å². The number of anilines is 1. The average Bonchev–Trinajstić information content (AvgIpc) is 3.01. The predicted molar refractivity (Wildman–Crippen MR) is 108 cm³/mol. The van der Waals surface area contributed by atoms with Gasteiger partial charge in [-0.3, -0.25) is 20.2 Å². The molecule has 0 aliphatic rings. The normalized spacial score (nSPS) is 10.4. The zero-order valence-electron chi connectivity index (χ0n) is 13.7. The maximum absolute atomic E-state index is 12.3. The second-order valence-electron chi connectivity index (χ2n) is 5.18. The molecule has 1 amide bonds. The summed E-state index contributed by atoms with van der Waals surface area (Å²) in [6.45, 7) is 0. The molecule has 27 heavy (non-hydrogen) atoms. The maximum Gasteiger partial charge on any atom is 0.311 e. The van der Waals surface area contributed by atoms with Gasteiger partial charge in [0.15, 0.2) is 16.0 Å². The van der Waals surface area contributed by atoms with Crippen LogP contribution in [-0.4, -0.2) is 28.0 Å². The van der Waals surface area contributed by atoms with Gasteiger partial charge in [0.1, 0.15) is 0 Å². The van der Waals surface area contributed by atoms with Gasteiger partial charge in [0.2, 0.25) is 0 Å². The zero-order valence-corrected chi connectivity index (χ0v) is 16.1. The molecule has 2 N–H and O–H groups in total. The van der Waals surface area contributed by atoms with Crippen LogP contribution in [0.2, 0.25) is 5.02 Å². The fourth-order valence-corrected chi connectivity index (χ4v) is 3.63. The third-order valence-corrected chi connectivity index (χ3v) is 4.81. The Morgan fingerprint density at radius 3 is 2.81 bits per heavy atom. The van der Waals surface area contributed by atoms with Crippen LogP contribution in [0.3, 0.4) is 0 Å². The number of aromatic nitrogens is 1.